The van der Waals surface area contributed by atoms with Crippen molar-refractivity contribution in [1.82, 2.24) is 20.0 Å². The fourth-order valence-corrected chi connectivity index (χ4v) is 3.50. The smallest absolute Gasteiger partial charge is 0.271 e. The van der Waals surface area contributed by atoms with Gasteiger partial charge in [-0.15, -0.1) is 0 Å². The van der Waals surface area contributed by atoms with Crippen LogP contribution in [0.3, 0.4) is 0 Å². The highest BCUT2D eigenvalue weighted by Crippen LogP contribution is 2.28. The number of aromatic nitrogens is 2. The molecule has 2 aromatic rings. The minimum Gasteiger partial charge on any atom is -0.470 e. The summed E-state index contributed by atoms with van der Waals surface area (Å²) in [5, 5.41) is 7.78. The van der Waals surface area contributed by atoms with Gasteiger partial charge in [0.25, 0.3) is 5.91 Å². The molecule has 0 aliphatic carbocycles. The lowest BCUT2D eigenvalue weighted by Gasteiger charge is -2.26. The number of benzene rings is 1. The molecule has 1 aromatic carbocycles. The Balaban J connectivity index is 1.40. The van der Waals surface area contributed by atoms with Crippen LogP contribution in [0.4, 0.5) is 0 Å². The maximum atomic E-state index is 12.2. The van der Waals surface area contributed by atoms with Crippen LogP contribution in [-0.2, 0) is 11.5 Å². The topological polar surface area (TPSA) is 68.6 Å². The van der Waals surface area contributed by atoms with E-state index >= 15 is 0 Å². The van der Waals surface area contributed by atoms with E-state index in [2.05, 4.69) is 31.2 Å². The zero-order valence-corrected chi connectivity index (χ0v) is 17.2. The molecule has 1 amide bonds. The van der Waals surface area contributed by atoms with Gasteiger partial charge >= 0.3 is 0 Å². The Labute approximate surface area is 171 Å². The number of carbonyl (C=O) groups excluding carboxylic acids is 1. The second-order valence-corrected chi connectivity index (χ2v) is 7.44. The summed E-state index contributed by atoms with van der Waals surface area (Å²) in [6.07, 6.45) is 2.62. The quantitative estimate of drug-likeness (QED) is 0.617. The minimum absolute atomic E-state index is 0.177. The van der Waals surface area contributed by atoms with E-state index in [1.165, 1.54) is 0 Å². The first-order chi connectivity index (χ1) is 13.1. The van der Waals surface area contributed by atoms with Crippen LogP contribution in [0.1, 0.15) is 16.9 Å². The Morgan fingerprint density at radius 3 is 2.93 bits per heavy atom. The van der Waals surface area contributed by atoms with E-state index in [-0.39, 0.29) is 12.6 Å². The van der Waals surface area contributed by atoms with Crippen LogP contribution >= 0.6 is 27.5 Å². The largest absolute Gasteiger partial charge is 0.470 e. The molecule has 3 rings (SSSR count). The van der Waals surface area contributed by atoms with Crippen LogP contribution in [0.25, 0.3) is 0 Å². The van der Waals surface area contributed by atoms with Gasteiger partial charge in [-0.1, -0.05) is 11.6 Å². The molecule has 1 saturated heterocycles. The van der Waals surface area contributed by atoms with Crippen LogP contribution in [0, 0.1) is 0 Å². The van der Waals surface area contributed by atoms with Crippen LogP contribution in [-0.4, -0.2) is 60.0 Å². The Morgan fingerprint density at radius 2 is 2.15 bits per heavy atom. The summed E-state index contributed by atoms with van der Waals surface area (Å²) in [7, 11) is 0. The van der Waals surface area contributed by atoms with Gasteiger partial charge in [0.1, 0.15) is 11.4 Å². The number of carbonyl (C=O) groups is 1. The Morgan fingerprint density at radius 1 is 1.33 bits per heavy atom. The minimum atomic E-state index is -0.177. The summed E-state index contributed by atoms with van der Waals surface area (Å²) in [6, 6.07) is 6.96. The number of hydrogen-bond donors (Lipinski definition) is 1. The third kappa shape index (κ3) is 6.21. The van der Waals surface area contributed by atoms with Crippen molar-refractivity contribution in [2.24, 2.45) is 0 Å². The van der Waals surface area contributed by atoms with Gasteiger partial charge in [0.2, 0.25) is 0 Å². The van der Waals surface area contributed by atoms with E-state index in [4.69, 9.17) is 21.1 Å². The molecule has 9 heteroatoms. The molecule has 1 N–H and O–H groups in total. The summed E-state index contributed by atoms with van der Waals surface area (Å²) in [4.78, 5) is 14.5. The molecule has 0 spiro atoms. The van der Waals surface area contributed by atoms with Gasteiger partial charge in [0, 0.05) is 30.9 Å². The zero-order valence-electron chi connectivity index (χ0n) is 14.9. The Bertz CT molecular complexity index is 765. The molecule has 0 atom stereocenters. The van der Waals surface area contributed by atoms with Gasteiger partial charge in [-0.3, -0.25) is 9.69 Å². The second kappa shape index (κ2) is 10.1. The molecule has 1 fully saturated rings. The first-order valence-corrected chi connectivity index (χ1v) is 9.98. The lowest BCUT2D eigenvalue weighted by molar-refractivity contribution is 0.0374. The Kier molecular flexibility index (Phi) is 7.51. The molecule has 1 aliphatic heterocycles. The Hall–Kier alpha value is -1.61. The molecule has 27 heavy (non-hydrogen) atoms. The summed E-state index contributed by atoms with van der Waals surface area (Å²) in [6.45, 7) is 5.28. The van der Waals surface area contributed by atoms with Crippen molar-refractivity contribution in [1.29, 1.82) is 0 Å². The van der Waals surface area contributed by atoms with Gasteiger partial charge in [-0.2, -0.15) is 5.10 Å². The summed E-state index contributed by atoms with van der Waals surface area (Å²) in [5.41, 5.74) is 0.375. The van der Waals surface area contributed by atoms with Gasteiger partial charge in [-0.05, 0) is 53.2 Å². The lowest BCUT2D eigenvalue weighted by Crippen LogP contribution is -2.38. The van der Waals surface area contributed by atoms with Gasteiger partial charge in [0.05, 0.1) is 17.7 Å². The summed E-state index contributed by atoms with van der Waals surface area (Å²) in [5.74, 6) is 0.479. The van der Waals surface area contributed by atoms with Crippen molar-refractivity contribution in [3.05, 3.63) is 45.7 Å². The van der Waals surface area contributed by atoms with Gasteiger partial charge < -0.3 is 14.8 Å². The number of nitrogens with one attached hydrogen (secondary N) is 1. The first-order valence-electron chi connectivity index (χ1n) is 8.81. The molecule has 146 valence electrons. The fraction of sp³-hybridized carbons (Fsp3) is 0.444. The van der Waals surface area contributed by atoms with Gasteiger partial charge in [0.15, 0.2) is 6.73 Å². The SMILES string of the molecule is O=C(NCCCN1CCOCC1)c1ccn(COc2ccc(Cl)cc2Br)n1. The molecule has 0 unspecified atom stereocenters. The van der Waals surface area contributed by atoms with Crippen molar-refractivity contribution in [2.45, 2.75) is 13.2 Å². The highest BCUT2D eigenvalue weighted by molar-refractivity contribution is 9.10. The molecule has 1 aliphatic rings. The van der Waals surface area contributed by atoms with Crippen molar-refractivity contribution >= 4 is 33.4 Å². The summed E-state index contributed by atoms with van der Waals surface area (Å²) >= 11 is 9.31. The number of nitrogens with zero attached hydrogens (tertiary/aromatic N) is 3. The third-order valence-corrected chi connectivity index (χ3v) is 5.01. The van der Waals surface area contributed by atoms with Crippen molar-refractivity contribution in [2.75, 3.05) is 39.4 Å². The predicted molar refractivity (Wildman–Crippen MR) is 106 cm³/mol. The molecule has 0 radical (unpaired) electrons. The van der Waals surface area contributed by atoms with E-state index in [0.717, 1.165) is 43.7 Å². The van der Waals surface area contributed by atoms with Crippen LogP contribution in [0.5, 0.6) is 5.75 Å². The number of ether oxygens (including phenoxy) is 2. The zero-order chi connectivity index (χ0) is 19.1. The molecule has 2 heterocycles. The molecule has 0 saturated carbocycles. The normalized spacial score (nSPS) is 14.9. The standard InChI is InChI=1S/C18H22BrClN4O3/c19-15-12-14(20)2-3-17(15)27-13-24-7-4-16(22-24)18(25)21-5-1-6-23-8-10-26-11-9-23/h2-4,7,12H,1,5-6,8-11,13H2,(H,21,25). The molecular formula is C18H22BrClN4O3. The number of hydrogen-bond acceptors (Lipinski definition) is 5. The van der Waals surface area contributed by atoms with Gasteiger partial charge in [-0.25, -0.2) is 4.68 Å². The summed E-state index contributed by atoms with van der Waals surface area (Å²) < 4.78 is 13.3. The third-order valence-electron chi connectivity index (χ3n) is 4.16. The highest BCUT2D eigenvalue weighted by Gasteiger charge is 2.12. The first kappa shape index (κ1) is 20.1. The number of morpholine rings is 1. The van der Waals surface area contributed by atoms with E-state index in [1.54, 1.807) is 35.1 Å². The number of rotatable bonds is 8. The lowest BCUT2D eigenvalue weighted by atomic mass is 10.3. The molecule has 7 nitrogen and oxygen atoms in total. The van der Waals surface area contributed by atoms with E-state index < -0.39 is 0 Å². The van der Waals surface area contributed by atoms with Crippen molar-refractivity contribution in [3.8, 4) is 5.75 Å². The average molecular weight is 458 g/mol. The molecule has 0 bridgehead atoms. The second-order valence-electron chi connectivity index (χ2n) is 6.15. The number of halogens is 2. The van der Waals surface area contributed by atoms with Crippen LogP contribution < -0.4 is 10.1 Å². The molecular weight excluding hydrogens is 436 g/mol. The highest BCUT2D eigenvalue weighted by atomic mass is 79.9. The van der Waals surface area contributed by atoms with Crippen LogP contribution in [0.15, 0.2) is 34.9 Å². The fourth-order valence-electron chi connectivity index (χ4n) is 2.70. The maximum Gasteiger partial charge on any atom is 0.271 e. The van der Waals surface area contributed by atoms with E-state index in [1.807, 2.05) is 0 Å². The van der Waals surface area contributed by atoms with Crippen molar-refractivity contribution < 1.29 is 14.3 Å². The van der Waals surface area contributed by atoms with E-state index in [9.17, 15) is 4.79 Å². The number of amides is 1. The predicted octanol–water partition coefficient (Wildman–Crippen LogP) is 2.79. The van der Waals surface area contributed by atoms with E-state index in [0.29, 0.717) is 23.0 Å². The van der Waals surface area contributed by atoms with Crippen LogP contribution in [0.2, 0.25) is 5.02 Å². The average Bonchev–Trinajstić information content (AvgIpc) is 3.14. The van der Waals surface area contributed by atoms with Crippen molar-refractivity contribution in [3.63, 3.8) is 0 Å². The monoisotopic (exact) mass is 456 g/mol. The molecule has 1 aromatic heterocycles. The maximum absolute atomic E-state index is 12.2.